The van der Waals surface area contributed by atoms with Crippen LogP contribution in [0, 0.1) is 0 Å². The quantitative estimate of drug-likeness (QED) is 0.753. The van der Waals surface area contributed by atoms with E-state index in [2.05, 4.69) is 6.92 Å². The van der Waals surface area contributed by atoms with Gasteiger partial charge < -0.3 is 10.2 Å². The third-order valence-electron chi connectivity index (χ3n) is 2.65. The Labute approximate surface area is 99.7 Å². The van der Waals surface area contributed by atoms with E-state index < -0.39 is 11.6 Å². The van der Waals surface area contributed by atoms with Crippen molar-refractivity contribution in [3.63, 3.8) is 0 Å². The van der Waals surface area contributed by atoms with Crippen LogP contribution in [0.15, 0.2) is 11.4 Å². The molecule has 4 heteroatoms. The molecule has 0 saturated carbocycles. The van der Waals surface area contributed by atoms with E-state index in [4.69, 9.17) is 5.11 Å². The highest BCUT2D eigenvalue weighted by atomic mass is 32.1. The van der Waals surface area contributed by atoms with E-state index in [1.165, 1.54) is 11.3 Å². The van der Waals surface area contributed by atoms with Crippen LogP contribution in [0.4, 0.5) is 0 Å². The summed E-state index contributed by atoms with van der Waals surface area (Å²) in [6.07, 6.45) is 3.68. The van der Waals surface area contributed by atoms with Gasteiger partial charge in [0.05, 0.1) is 16.0 Å². The first-order valence-electron chi connectivity index (χ1n) is 5.52. The minimum absolute atomic E-state index is 0.228. The number of carboxylic acid groups (broad SMARTS) is 1. The second-order valence-corrected chi connectivity index (χ2v) is 5.12. The molecule has 0 aliphatic heterocycles. The highest BCUT2D eigenvalue weighted by molar-refractivity contribution is 7.10. The van der Waals surface area contributed by atoms with E-state index in [0.717, 1.165) is 19.3 Å². The Hall–Kier alpha value is -0.870. The smallest absolute Gasteiger partial charge is 0.336 e. The minimum Gasteiger partial charge on any atom is -0.478 e. The van der Waals surface area contributed by atoms with Crippen LogP contribution in [-0.2, 0) is 5.60 Å². The van der Waals surface area contributed by atoms with Crippen LogP contribution in [0.5, 0.6) is 0 Å². The van der Waals surface area contributed by atoms with Crippen molar-refractivity contribution in [3.05, 3.63) is 21.9 Å². The largest absolute Gasteiger partial charge is 0.478 e. The summed E-state index contributed by atoms with van der Waals surface area (Å²) >= 11 is 1.31. The van der Waals surface area contributed by atoms with Crippen LogP contribution < -0.4 is 0 Å². The molecule has 0 amide bonds. The molecule has 1 aromatic rings. The summed E-state index contributed by atoms with van der Waals surface area (Å²) in [7, 11) is 0. The molecule has 90 valence electrons. The van der Waals surface area contributed by atoms with Crippen LogP contribution >= 0.6 is 11.3 Å². The number of unbranched alkanes of at least 4 members (excludes halogenated alkanes) is 2. The van der Waals surface area contributed by atoms with E-state index in [0.29, 0.717) is 11.3 Å². The standard InChI is InChI=1S/C12H18O3S/c1-3-4-5-7-12(2,15)10-9(11(13)14)6-8-16-10/h6,8,15H,3-5,7H2,1-2H3,(H,13,14). The number of hydrogen-bond donors (Lipinski definition) is 2. The molecule has 0 aliphatic rings. The molecule has 0 aromatic carbocycles. The summed E-state index contributed by atoms with van der Waals surface area (Å²) in [5.41, 5.74) is -0.789. The van der Waals surface area contributed by atoms with E-state index in [9.17, 15) is 9.90 Å². The molecule has 0 radical (unpaired) electrons. The summed E-state index contributed by atoms with van der Waals surface area (Å²) in [5.74, 6) is -0.966. The lowest BCUT2D eigenvalue weighted by molar-refractivity contribution is 0.0450. The summed E-state index contributed by atoms with van der Waals surface area (Å²) < 4.78 is 0. The molecule has 1 aromatic heterocycles. The molecule has 2 N–H and O–H groups in total. The first-order valence-corrected chi connectivity index (χ1v) is 6.40. The predicted molar refractivity (Wildman–Crippen MR) is 65.0 cm³/mol. The normalized spacial score (nSPS) is 14.7. The molecule has 0 aliphatic carbocycles. The maximum Gasteiger partial charge on any atom is 0.336 e. The molecule has 16 heavy (non-hydrogen) atoms. The van der Waals surface area contributed by atoms with Gasteiger partial charge in [0.2, 0.25) is 0 Å². The number of rotatable bonds is 6. The monoisotopic (exact) mass is 242 g/mol. The SMILES string of the molecule is CCCCCC(C)(O)c1sccc1C(=O)O. The number of carbonyl (C=O) groups is 1. The van der Waals surface area contributed by atoms with Crippen molar-refractivity contribution >= 4 is 17.3 Å². The highest BCUT2D eigenvalue weighted by Gasteiger charge is 2.29. The number of aliphatic hydroxyl groups is 1. The van der Waals surface area contributed by atoms with Crippen molar-refractivity contribution in [3.8, 4) is 0 Å². The second-order valence-electron chi connectivity index (χ2n) is 4.20. The van der Waals surface area contributed by atoms with Crippen molar-refractivity contribution in [2.24, 2.45) is 0 Å². The fraction of sp³-hybridized carbons (Fsp3) is 0.583. The van der Waals surface area contributed by atoms with Gasteiger partial charge in [0.1, 0.15) is 0 Å². The van der Waals surface area contributed by atoms with Crippen LogP contribution in [0.3, 0.4) is 0 Å². The van der Waals surface area contributed by atoms with Gasteiger partial charge in [-0.05, 0) is 24.8 Å². The first kappa shape index (κ1) is 13.2. The molecular weight excluding hydrogens is 224 g/mol. The van der Waals surface area contributed by atoms with Crippen molar-refractivity contribution in [1.82, 2.24) is 0 Å². The maximum atomic E-state index is 11.0. The fourth-order valence-corrected chi connectivity index (χ4v) is 2.71. The molecule has 1 atom stereocenters. The molecular formula is C12H18O3S. The highest BCUT2D eigenvalue weighted by Crippen LogP contribution is 2.33. The zero-order valence-corrected chi connectivity index (χ0v) is 10.5. The van der Waals surface area contributed by atoms with Crippen molar-refractivity contribution in [2.75, 3.05) is 0 Å². The Morgan fingerprint density at radius 3 is 2.75 bits per heavy atom. The molecule has 3 nitrogen and oxygen atoms in total. The van der Waals surface area contributed by atoms with E-state index in [1.807, 2.05) is 0 Å². The van der Waals surface area contributed by atoms with E-state index >= 15 is 0 Å². The van der Waals surface area contributed by atoms with Gasteiger partial charge in [-0.25, -0.2) is 4.79 Å². The summed E-state index contributed by atoms with van der Waals surface area (Å²) in [6, 6.07) is 1.55. The van der Waals surface area contributed by atoms with Crippen molar-refractivity contribution in [1.29, 1.82) is 0 Å². The molecule has 1 rings (SSSR count). The number of aromatic carboxylic acids is 1. The molecule has 0 fully saturated rings. The average molecular weight is 242 g/mol. The summed E-state index contributed by atoms with van der Waals surface area (Å²) in [5, 5.41) is 21.0. The van der Waals surface area contributed by atoms with Gasteiger partial charge in [-0.15, -0.1) is 11.3 Å². The van der Waals surface area contributed by atoms with Crippen LogP contribution in [0.1, 0.15) is 54.8 Å². The number of carboxylic acids is 1. The van der Waals surface area contributed by atoms with Crippen molar-refractivity contribution in [2.45, 2.75) is 45.1 Å². The maximum absolute atomic E-state index is 11.0. The third-order valence-corrected chi connectivity index (χ3v) is 3.82. The summed E-state index contributed by atoms with van der Waals surface area (Å²) in [6.45, 7) is 3.80. The number of thiophene rings is 1. The van der Waals surface area contributed by atoms with Gasteiger partial charge in [-0.3, -0.25) is 0 Å². The fourth-order valence-electron chi connectivity index (χ4n) is 1.73. The first-order chi connectivity index (χ1) is 7.49. The minimum atomic E-state index is -1.02. The van der Waals surface area contributed by atoms with Gasteiger partial charge in [0.25, 0.3) is 0 Å². The van der Waals surface area contributed by atoms with Gasteiger partial charge >= 0.3 is 5.97 Å². The Morgan fingerprint density at radius 2 is 2.19 bits per heavy atom. The Bertz CT molecular complexity index is 355. The molecule has 0 bridgehead atoms. The topological polar surface area (TPSA) is 57.5 Å². The molecule has 1 unspecified atom stereocenters. The van der Waals surface area contributed by atoms with Gasteiger partial charge in [-0.2, -0.15) is 0 Å². The Morgan fingerprint density at radius 1 is 1.50 bits per heavy atom. The van der Waals surface area contributed by atoms with Gasteiger partial charge in [0.15, 0.2) is 0 Å². The summed E-state index contributed by atoms with van der Waals surface area (Å²) in [4.78, 5) is 11.5. The average Bonchev–Trinajstić information content (AvgIpc) is 2.66. The van der Waals surface area contributed by atoms with Crippen LogP contribution in [-0.4, -0.2) is 16.2 Å². The van der Waals surface area contributed by atoms with Crippen LogP contribution in [0.2, 0.25) is 0 Å². The zero-order valence-electron chi connectivity index (χ0n) is 9.69. The second kappa shape index (κ2) is 5.46. The van der Waals surface area contributed by atoms with Gasteiger partial charge in [0, 0.05) is 0 Å². The van der Waals surface area contributed by atoms with E-state index in [1.54, 1.807) is 18.4 Å². The Balaban J connectivity index is 2.80. The molecule has 0 saturated heterocycles. The number of hydrogen-bond acceptors (Lipinski definition) is 3. The van der Waals surface area contributed by atoms with E-state index in [-0.39, 0.29) is 5.56 Å². The molecule has 1 heterocycles. The van der Waals surface area contributed by atoms with Gasteiger partial charge in [-0.1, -0.05) is 26.2 Å². The Kier molecular flexibility index (Phi) is 4.50. The third kappa shape index (κ3) is 3.06. The predicted octanol–water partition coefficient (Wildman–Crippen LogP) is 3.23. The lowest BCUT2D eigenvalue weighted by Gasteiger charge is -2.22. The lowest BCUT2D eigenvalue weighted by Crippen LogP contribution is -2.22. The zero-order chi connectivity index (χ0) is 12.2. The van der Waals surface area contributed by atoms with Crippen molar-refractivity contribution < 1.29 is 15.0 Å². The van der Waals surface area contributed by atoms with Crippen LogP contribution in [0.25, 0.3) is 0 Å². The molecule has 0 spiro atoms. The lowest BCUT2D eigenvalue weighted by atomic mass is 9.94.